The topological polar surface area (TPSA) is 61.8 Å². The maximum absolute atomic E-state index is 12.3. The second kappa shape index (κ2) is 9.06. The van der Waals surface area contributed by atoms with Gasteiger partial charge in [-0.25, -0.2) is 4.79 Å². The lowest BCUT2D eigenvalue weighted by Gasteiger charge is -2.11. The molecular formula is C20H19ClO5. The lowest BCUT2D eigenvalue weighted by atomic mass is 10.1. The van der Waals surface area contributed by atoms with Gasteiger partial charge < -0.3 is 14.2 Å². The molecule has 0 amide bonds. The first-order valence-corrected chi connectivity index (χ1v) is 8.23. The number of hydrogen-bond acceptors (Lipinski definition) is 5. The third-order valence-corrected chi connectivity index (χ3v) is 3.88. The Morgan fingerprint density at radius 3 is 2.35 bits per heavy atom. The molecule has 0 aromatic heterocycles. The monoisotopic (exact) mass is 374 g/mol. The summed E-state index contributed by atoms with van der Waals surface area (Å²) in [7, 11) is 3.08. The first-order chi connectivity index (χ1) is 12.4. The number of carbonyl (C=O) groups excluding carboxylic acids is 2. The van der Waals surface area contributed by atoms with E-state index < -0.39 is 12.1 Å². The van der Waals surface area contributed by atoms with Gasteiger partial charge in [-0.1, -0.05) is 11.6 Å². The molecular weight excluding hydrogens is 356 g/mol. The average molecular weight is 375 g/mol. The summed E-state index contributed by atoms with van der Waals surface area (Å²) >= 11 is 5.80. The molecule has 0 aliphatic carbocycles. The fraction of sp³-hybridized carbons (Fsp3) is 0.200. The third kappa shape index (κ3) is 5.10. The van der Waals surface area contributed by atoms with Crippen LogP contribution in [0.3, 0.4) is 0 Å². The van der Waals surface area contributed by atoms with Crippen molar-refractivity contribution in [1.29, 1.82) is 0 Å². The molecule has 6 heteroatoms. The zero-order chi connectivity index (χ0) is 19.1. The predicted molar refractivity (Wildman–Crippen MR) is 99.9 cm³/mol. The number of rotatable bonds is 7. The molecule has 0 radical (unpaired) electrons. The number of ketones is 1. The van der Waals surface area contributed by atoms with E-state index in [9.17, 15) is 9.59 Å². The van der Waals surface area contributed by atoms with Gasteiger partial charge >= 0.3 is 5.97 Å². The van der Waals surface area contributed by atoms with E-state index in [4.69, 9.17) is 25.8 Å². The highest BCUT2D eigenvalue weighted by molar-refractivity contribution is 6.30. The molecule has 0 N–H and O–H groups in total. The molecule has 0 heterocycles. The molecule has 0 aliphatic rings. The molecule has 2 rings (SSSR count). The van der Waals surface area contributed by atoms with Gasteiger partial charge in [-0.2, -0.15) is 0 Å². The van der Waals surface area contributed by atoms with Crippen LogP contribution in [0.4, 0.5) is 0 Å². The van der Waals surface area contributed by atoms with Crippen LogP contribution in [-0.4, -0.2) is 32.1 Å². The summed E-state index contributed by atoms with van der Waals surface area (Å²) in [5.41, 5.74) is 1.11. The predicted octanol–water partition coefficient (Wildman–Crippen LogP) is 4.19. The van der Waals surface area contributed by atoms with E-state index in [0.717, 1.165) is 0 Å². The molecule has 0 fully saturated rings. The Morgan fingerprint density at radius 2 is 1.73 bits per heavy atom. The van der Waals surface area contributed by atoms with Gasteiger partial charge in [0.2, 0.25) is 5.78 Å². The highest BCUT2D eigenvalue weighted by Crippen LogP contribution is 2.25. The molecule has 0 aliphatic heterocycles. The van der Waals surface area contributed by atoms with Crippen LogP contribution < -0.4 is 9.47 Å². The number of hydrogen-bond donors (Lipinski definition) is 0. The van der Waals surface area contributed by atoms with Gasteiger partial charge in [-0.15, -0.1) is 0 Å². The minimum Gasteiger partial charge on any atom is -0.497 e. The van der Waals surface area contributed by atoms with Crippen LogP contribution in [0.1, 0.15) is 22.8 Å². The van der Waals surface area contributed by atoms with Gasteiger partial charge in [0.25, 0.3) is 0 Å². The van der Waals surface area contributed by atoms with Crippen molar-refractivity contribution < 1.29 is 23.8 Å². The summed E-state index contributed by atoms with van der Waals surface area (Å²) in [4.78, 5) is 24.2. The van der Waals surface area contributed by atoms with Crippen molar-refractivity contribution in [1.82, 2.24) is 0 Å². The molecule has 2 aromatic carbocycles. The van der Waals surface area contributed by atoms with Crippen molar-refractivity contribution >= 4 is 29.4 Å². The normalized spacial score (nSPS) is 11.8. The highest BCUT2D eigenvalue weighted by atomic mass is 35.5. The summed E-state index contributed by atoms with van der Waals surface area (Å²) in [6.45, 7) is 1.52. The first-order valence-electron chi connectivity index (χ1n) is 7.85. The largest absolute Gasteiger partial charge is 0.497 e. The van der Waals surface area contributed by atoms with Crippen molar-refractivity contribution in [3.05, 3.63) is 64.7 Å². The van der Waals surface area contributed by atoms with Gasteiger partial charge in [-0.05, 0) is 49.4 Å². The molecule has 5 nitrogen and oxygen atoms in total. The molecule has 1 atom stereocenters. The zero-order valence-corrected chi connectivity index (χ0v) is 15.4. The number of benzene rings is 2. The number of halogens is 1. The standard InChI is InChI=1S/C20H19ClO5/c1-13(20(23)15-4-8-16(21)9-5-15)26-19(22)11-7-14-6-10-17(24-2)12-18(14)25-3/h4-13H,1-3H3/b11-7+/t13-/m0/s1. The van der Waals surface area contributed by atoms with Gasteiger partial charge in [0.15, 0.2) is 6.10 Å². The van der Waals surface area contributed by atoms with Gasteiger partial charge in [-0.3, -0.25) is 4.79 Å². The Bertz CT molecular complexity index is 811. The van der Waals surface area contributed by atoms with Crippen molar-refractivity contribution in [2.75, 3.05) is 14.2 Å². The van der Waals surface area contributed by atoms with E-state index in [1.165, 1.54) is 20.1 Å². The average Bonchev–Trinajstić information content (AvgIpc) is 2.66. The van der Waals surface area contributed by atoms with Crippen LogP contribution >= 0.6 is 11.6 Å². The number of methoxy groups -OCH3 is 2. The maximum Gasteiger partial charge on any atom is 0.331 e. The molecule has 0 spiro atoms. The van der Waals surface area contributed by atoms with E-state index in [1.54, 1.807) is 55.7 Å². The van der Waals surface area contributed by atoms with Crippen LogP contribution in [0.25, 0.3) is 6.08 Å². The third-order valence-electron chi connectivity index (χ3n) is 3.63. The fourth-order valence-electron chi connectivity index (χ4n) is 2.23. The Kier molecular flexibility index (Phi) is 6.81. The lowest BCUT2D eigenvalue weighted by Crippen LogP contribution is -2.23. The molecule has 2 aromatic rings. The minimum atomic E-state index is -0.911. The van der Waals surface area contributed by atoms with E-state index in [0.29, 0.717) is 27.6 Å². The molecule has 0 unspecified atom stereocenters. The SMILES string of the molecule is COc1ccc(/C=C/C(=O)O[C@@H](C)C(=O)c2ccc(Cl)cc2)c(OC)c1. The molecule has 0 bridgehead atoms. The van der Waals surface area contributed by atoms with Crippen molar-refractivity contribution in [2.45, 2.75) is 13.0 Å². The summed E-state index contributed by atoms with van der Waals surface area (Å²) in [5, 5.41) is 0.530. The number of Topliss-reactive ketones (excluding diaryl/α,β-unsaturated/α-hetero) is 1. The molecule has 0 saturated carbocycles. The summed E-state index contributed by atoms with van der Waals surface area (Å²) in [6.07, 6.45) is 1.89. The number of ether oxygens (including phenoxy) is 3. The van der Waals surface area contributed by atoms with Crippen LogP contribution in [0.15, 0.2) is 48.5 Å². The van der Waals surface area contributed by atoms with Gasteiger partial charge in [0.1, 0.15) is 11.5 Å². The van der Waals surface area contributed by atoms with Crippen LogP contribution in [-0.2, 0) is 9.53 Å². The first kappa shape index (κ1) is 19.5. The zero-order valence-electron chi connectivity index (χ0n) is 14.7. The second-order valence-electron chi connectivity index (χ2n) is 5.39. The summed E-state index contributed by atoms with van der Waals surface area (Å²) in [6, 6.07) is 11.6. The van der Waals surface area contributed by atoms with Crippen molar-refractivity contribution in [2.24, 2.45) is 0 Å². The molecule has 136 valence electrons. The number of esters is 1. The number of carbonyl (C=O) groups is 2. The molecule has 0 saturated heterocycles. The lowest BCUT2D eigenvalue weighted by molar-refractivity contribution is -0.140. The fourth-order valence-corrected chi connectivity index (χ4v) is 2.36. The van der Waals surface area contributed by atoms with E-state index >= 15 is 0 Å². The second-order valence-corrected chi connectivity index (χ2v) is 5.83. The highest BCUT2D eigenvalue weighted by Gasteiger charge is 2.18. The van der Waals surface area contributed by atoms with Crippen molar-refractivity contribution in [3.63, 3.8) is 0 Å². The summed E-state index contributed by atoms with van der Waals surface area (Å²) in [5.74, 6) is 0.269. The Balaban J connectivity index is 2.02. The smallest absolute Gasteiger partial charge is 0.331 e. The summed E-state index contributed by atoms with van der Waals surface area (Å²) < 4.78 is 15.5. The van der Waals surface area contributed by atoms with Gasteiger partial charge in [0, 0.05) is 28.3 Å². The van der Waals surface area contributed by atoms with Gasteiger partial charge in [0.05, 0.1) is 14.2 Å². The molecule has 26 heavy (non-hydrogen) atoms. The van der Waals surface area contributed by atoms with Crippen molar-refractivity contribution in [3.8, 4) is 11.5 Å². The Morgan fingerprint density at radius 1 is 1.04 bits per heavy atom. The van der Waals surface area contributed by atoms with E-state index in [-0.39, 0.29) is 5.78 Å². The van der Waals surface area contributed by atoms with Crippen LogP contribution in [0, 0.1) is 0 Å². The maximum atomic E-state index is 12.3. The van der Waals surface area contributed by atoms with E-state index in [2.05, 4.69) is 0 Å². The van der Waals surface area contributed by atoms with Crippen LogP contribution in [0.5, 0.6) is 11.5 Å². The quantitative estimate of drug-likeness (QED) is 0.413. The van der Waals surface area contributed by atoms with E-state index in [1.807, 2.05) is 0 Å². The Labute approximate surface area is 157 Å². The Hall–Kier alpha value is -2.79. The van der Waals surface area contributed by atoms with Crippen LogP contribution in [0.2, 0.25) is 5.02 Å². The minimum absolute atomic E-state index is 0.301.